The van der Waals surface area contributed by atoms with Crippen LogP contribution in [0.5, 0.6) is 0 Å². The summed E-state index contributed by atoms with van der Waals surface area (Å²) in [4.78, 5) is 16.9. The Morgan fingerprint density at radius 3 is 2.81 bits per heavy atom. The smallest absolute Gasteiger partial charge is 0.262 e. The third-order valence-corrected chi connectivity index (χ3v) is 3.49. The van der Waals surface area contributed by atoms with Gasteiger partial charge in [-0.2, -0.15) is 0 Å². The molecule has 106 valence electrons. The maximum absolute atomic E-state index is 12.8. The van der Waals surface area contributed by atoms with Crippen LogP contribution in [0, 0.1) is 6.92 Å². The molecule has 0 atom stereocenters. The molecule has 0 aliphatic carbocycles. The number of fused-ring (bicyclic) bond motifs is 1. The quantitative estimate of drug-likeness (QED) is 0.703. The summed E-state index contributed by atoms with van der Waals surface area (Å²) in [5.74, 6) is -0.0932. The van der Waals surface area contributed by atoms with Crippen molar-refractivity contribution in [3.63, 3.8) is 0 Å². The lowest BCUT2D eigenvalue weighted by molar-refractivity contribution is 0.0963. The molecule has 21 heavy (non-hydrogen) atoms. The van der Waals surface area contributed by atoms with Gasteiger partial charge in [0.15, 0.2) is 0 Å². The molecule has 0 unspecified atom stereocenters. The molecule has 0 radical (unpaired) electrons. The summed E-state index contributed by atoms with van der Waals surface area (Å²) in [5.41, 5.74) is 15.0. The predicted molar refractivity (Wildman–Crippen MR) is 82.9 cm³/mol. The summed E-state index contributed by atoms with van der Waals surface area (Å²) in [6, 6.07) is 10.9. The van der Waals surface area contributed by atoms with Crippen molar-refractivity contribution >= 4 is 22.5 Å². The van der Waals surface area contributed by atoms with E-state index < -0.39 is 0 Å². The Bertz CT molecular complexity index is 835. The van der Waals surface area contributed by atoms with Crippen LogP contribution < -0.4 is 11.5 Å². The van der Waals surface area contributed by atoms with E-state index in [9.17, 15) is 4.79 Å². The van der Waals surface area contributed by atoms with E-state index in [0.29, 0.717) is 23.5 Å². The van der Waals surface area contributed by atoms with E-state index in [-0.39, 0.29) is 5.91 Å². The summed E-state index contributed by atoms with van der Waals surface area (Å²) < 4.78 is 1.68. The second-order valence-corrected chi connectivity index (χ2v) is 4.98. The molecule has 0 aliphatic rings. The second-order valence-electron chi connectivity index (χ2n) is 4.98. The van der Waals surface area contributed by atoms with Crippen molar-refractivity contribution in [1.82, 2.24) is 9.55 Å². The van der Waals surface area contributed by atoms with Gasteiger partial charge in [-0.3, -0.25) is 14.3 Å². The standard InChI is InChI=1S/C16H16N4O/c1-10-6-12-7-13(18)2-3-15(12)20(10)16(21)11-4-5-19-14(8-11)9-17/h2-8H,9,17-18H2,1H3. The van der Waals surface area contributed by atoms with Gasteiger partial charge in [0.1, 0.15) is 0 Å². The van der Waals surface area contributed by atoms with Crippen LogP contribution in [0.1, 0.15) is 21.7 Å². The number of rotatable bonds is 2. The summed E-state index contributed by atoms with van der Waals surface area (Å²) in [7, 11) is 0. The Balaban J connectivity index is 2.15. The van der Waals surface area contributed by atoms with E-state index in [1.54, 1.807) is 29.0 Å². The molecule has 0 amide bonds. The maximum atomic E-state index is 12.8. The Morgan fingerprint density at radius 2 is 2.05 bits per heavy atom. The normalized spacial score (nSPS) is 11.0. The van der Waals surface area contributed by atoms with Crippen molar-refractivity contribution in [2.45, 2.75) is 13.5 Å². The zero-order chi connectivity index (χ0) is 15.0. The number of benzene rings is 1. The predicted octanol–water partition coefficient (Wildman–Crippen LogP) is 2.07. The van der Waals surface area contributed by atoms with Gasteiger partial charge in [0.05, 0.1) is 11.2 Å². The third-order valence-electron chi connectivity index (χ3n) is 3.49. The van der Waals surface area contributed by atoms with Gasteiger partial charge in [0, 0.05) is 35.1 Å². The van der Waals surface area contributed by atoms with Crippen molar-refractivity contribution in [3.05, 3.63) is 59.5 Å². The first-order chi connectivity index (χ1) is 10.1. The number of aryl methyl sites for hydroxylation is 1. The molecule has 5 heteroatoms. The van der Waals surface area contributed by atoms with Gasteiger partial charge < -0.3 is 11.5 Å². The first-order valence-electron chi connectivity index (χ1n) is 6.67. The average molecular weight is 280 g/mol. The number of aromatic nitrogens is 2. The van der Waals surface area contributed by atoms with Crippen LogP contribution in [0.2, 0.25) is 0 Å². The van der Waals surface area contributed by atoms with Crippen LogP contribution in [0.15, 0.2) is 42.6 Å². The summed E-state index contributed by atoms with van der Waals surface area (Å²) in [5, 5.41) is 0.953. The minimum absolute atomic E-state index is 0.0932. The first-order valence-corrected chi connectivity index (χ1v) is 6.67. The Labute approximate surface area is 122 Å². The molecular weight excluding hydrogens is 264 g/mol. The molecule has 5 nitrogen and oxygen atoms in total. The molecule has 0 saturated heterocycles. The minimum atomic E-state index is -0.0932. The zero-order valence-electron chi connectivity index (χ0n) is 11.7. The van der Waals surface area contributed by atoms with Crippen molar-refractivity contribution in [2.24, 2.45) is 5.73 Å². The molecule has 4 N–H and O–H groups in total. The first kappa shape index (κ1) is 13.3. The van der Waals surface area contributed by atoms with Gasteiger partial charge in [-0.05, 0) is 43.3 Å². The topological polar surface area (TPSA) is 86.9 Å². The van der Waals surface area contributed by atoms with Gasteiger partial charge in [-0.25, -0.2) is 0 Å². The molecule has 0 saturated carbocycles. The largest absolute Gasteiger partial charge is 0.399 e. The highest BCUT2D eigenvalue weighted by Gasteiger charge is 2.15. The highest BCUT2D eigenvalue weighted by Crippen LogP contribution is 2.23. The molecule has 1 aromatic carbocycles. The highest BCUT2D eigenvalue weighted by atomic mass is 16.2. The highest BCUT2D eigenvalue weighted by molar-refractivity contribution is 6.03. The number of nitrogens with zero attached hydrogens (tertiary/aromatic N) is 2. The lowest BCUT2D eigenvalue weighted by Crippen LogP contribution is -2.14. The fraction of sp³-hybridized carbons (Fsp3) is 0.125. The van der Waals surface area contributed by atoms with Gasteiger partial charge in [-0.15, -0.1) is 0 Å². The number of pyridine rings is 1. The number of hydrogen-bond donors (Lipinski definition) is 2. The van der Waals surface area contributed by atoms with Crippen molar-refractivity contribution in [2.75, 3.05) is 5.73 Å². The molecule has 0 aliphatic heterocycles. The summed E-state index contributed by atoms with van der Waals surface area (Å²) >= 11 is 0. The average Bonchev–Trinajstić information content (AvgIpc) is 2.81. The van der Waals surface area contributed by atoms with E-state index >= 15 is 0 Å². The molecular formula is C16H16N4O. The lowest BCUT2D eigenvalue weighted by Gasteiger charge is -2.08. The summed E-state index contributed by atoms with van der Waals surface area (Å²) in [6.45, 7) is 2.21. The van der Waals surface area contributed by atoms with E-state index in [1.807, 2.05) is 25.1 Å². The summed E-state index contributed by atoms with van der Waals surface area (Å²) in [6.07, 6.45) is 1.61. The molecule has 2 aromatic heterocycles. The van der Waals surface area contributed by atoms with Crippen LogP contribution >= 0.6 is 0 Å². The Kier molecular flexibility index (Phi) is 3.19. The second kappa shape index (κ2) is 5.03. The monoisotopic (exact) mass is 280 g/mol. The maximum Gasteiger partial charge on any atom is 0.262 e. The molecule has 2 heterocycles. The van der Waals surface area contributed by atoms with Crippen molar-refractivity contribution < 1.29 is 4.79 Å². The van der Waals surface area contributed by atoms with Gasteiger partial charge in [0.2, 0.25) is 0 Å². The molecule has 0 bridgehead atoms. The van der Waals surface area contributed by atoms with Crippen molar-refractivity contribution in [3.8, 4) is 0 Å². The van der Waals surface area contributed by atoms with E-state index in [2.05, 4.69) is 4.98 Å². The van der Waals surface area contributed by atoms with Crippen molar-refractivity contribution in [1.29, 1.82) is 0 Å². The number of carbonyl (C=O) groups is 1. The zero-order valence-corrected chi connectivity index (χ0v) is 11.7. The third kappa shape index (κ3) is 2.28. The Morgan fingerprint density at radius 1 is 1.24 bits per heavy atom. The van der Waals surface area contributed by atoms with Crippen LogP contribution in [0.3, 0.4) is 0 Å². The molecule has 0 fully saturated rings. The van der Waals surface area contributed by atoms with Crippen LogP contribution in [0.25, 0.3) is 10.9 Å². The SMILES string of the molecule is Cc1cc2cc(N)ccc2n1C(=O)c1ccnc(CN)c1. The van der Waals surface area contributed by atoms with E-state index in [4.69, 9.17) is 11.5 Å². The van der Waals surface area contributed by atoms with Gasteiger partial charge in [-0.1, -0.05) is 0 Å². The van der Waals surface area contributed by atoms with Gasteiger partial charge in [0.25, 0.3) is 5.91 Å². The van der Waals surface area contributed by atoms with Crippen LogP contribution in [-0.4, -0.2) is 15.5 Å². The number of hydrogen-bond acceptors (Lipinski definition) is 4. The Hall–Kier alpha value is -2.66. The van der Waals surface area contributed by atoms with Gasteiger partial charge >= 0.3 is 0 Å². The lowest BCUT2D eigenvalue weighted by atomic mass is 10.2. The van der Waals surface area contributed by atoms with Crippen LogP contribution in [-0.2, 0) is 6.54 Å². The fourth-order valence-electron chi connectivity index (χ4n) is 2.49. The number of nitrogen functional groups attached to an aromatic ring is 1. The number of carbonyl (C=O) groups excluding carboxylic acids is 1. The molecule has 3 aromatic rings. The van der Waals surface area contributed by atoms with E-state index in [1.165, 1.54) is 0 Å². The van der Waals surface area contributed by atoms with Crippen LogP contribution in [0.4, 0.5) is 5.69 Å². The number of anilines is 1. The molecule has 3 rings (SSSR count). The van der Waals surface area contributed by atoms with E-state index in [0.717, 1.165) is 16.6 Å². The molecule has 0 spiro atoms. The fourth-order valence-corrected chi connectivity index (χ4v) is 2.49. The number of nitrogens with two attached hydrogens (primary N) is 2. The minimum Gasteiger partial charge on any atom is -0.399 e.